The second-order valence-electron chi connectivity index (χ2n) is 4.33. The molecular formula is C15H14FNO2. The number of amides is 1. The molecule has 98 valence electrons. The average molecular weight is 259 g/mol. The van der Waals surface area contributed by atoms with Gasteiger partial charge in [0.15, 0.2) is 0 Å². The molecule has 2 aromatic rings. The Morgan fingerprint density at radius 1 is 1.21 bits per heavy atom. The smallest absolute Gasteiger partial charge is 0.255 e. The number of carbonyl (C=O) groups excluding carboxylic acids is 1. The number of hydrogen-bond donors (Lipinski definition) is 2. The summed E-state index contributed by atoms with van der Waals surface area (Å²) in [5.74, 6) is -0.723. The average Bonchev–Trinajstić information content (AvgIpc) is 2.40. The van der Waals surface area contributed by atoms with E-state index in [1.165, 1.54) is 18.2 Å². The zero-order valence-corrected chi connectivity index (χ0v) is 10.5. The number of phenols is 1. The number of nitrogens with one attached hydrogen (secondary N) is 1. The van der Waals surface area contributed by atoms with Crippen molar-refractivity contribution < 1.29 is 14.3 Å². The fraction of sp³-hybridized carbons (Fsp3) is 0.133. The van der Waals surface area contributed by atoms with Crippen molar-refractivity contribution in [2.24, 2.45) is 0 Å². The van der Waals surface area contributed by atoms with Gasteiger partial charge in [0.1, 0.15) is 11.6 Å². The minimum absolute atomic E-state index is 0.0535. The lowest BCUT2D eigenvalue weighted by Gasteiger charge is -2.07. The molecule has 2 rings (SSSR count). The number of rotatable bonds is 3. The molecule has 4 heteroatoms. The molecule has 0 aromatic heterocycles. The standard InChI is InChI=1S/C15H14FNO2/c1-10-2-7-14(18)13(8-10)15(19)17-9-11-3-5-12(16)6-4-11/h2-8,18H,9H2,1H3,(H,17,19). The molecule has 0 spiro atoms. The second-order valence-corrected chi connectivity index (χ2v) is 4.33. The lowest BCUT2D eigenvalue weighted by molar-refractivity contribution is 0.0948. The van der Waals surface area contributed by atoms with Gasteiger partial charge < -0.3 is 10.4 Å². The summed E-state index contributed by atoms with van der Waals surface area (Å²) in [5.41, 5.74) is 1.92. The van der Waals surface area contributed by atoms with Crippen molar-refractivity contribution >= 4 is 5.91 Å². The summed E-state index contributed by atoms with van der Waals surface area (Å²) >= 11 is 0. The summed E-state index contributed by atoms with van der Waals surface area (Å²) < 4.78 is 12.7. The topological polar surface area (TPSA) is 49.3 Å². The summed E-state index contributed by atoms with van der Waals surface area (Å²) in [4.78, 5) is 11.9. The van der Waals surface area contributed by atoms with Crippen LogP contribution in [0.4, 0.5) is 4.39 Å². The molecule has 0 bridgehead atoms. The van der Waals surface area contributed by atoms with Crippen LogP contribution in [0.15, 0.2) is 42.5 Å². The highest BCUT2D eigenvalue weighted by atomic mass is 19.1. The maximum Gasteiger partial charge on any atom is 0.255 e. The SMILES string of the molecule is Cc1ccc(O)c(C(=O)NCc2ccc(F)cc2)c1. The predicted octanol–water partition coefficient (Wildman–Crippen LogP) is 2.77. The van der Waals surface area contributed by atoms with Crippen LogP contribution < -0.4 is 5.32 Å². The van der Waals surface area contributed by atoms with E-state index in [0.29, 0.717) is 0 Å². The molecule has 0 saturated carbocycles. The van der Waals surface area contributed by atoms with Crippen LogP contribution in [0.1, 0.15) is 21.5 Å². The number of phenolic OH excluding ortho intramolecular Hbond substituents is 1. The van der Waals surface area contributed by atoms with Gasteiger partial charge in [0, 0.05) is 6.54 Å². The van der Waals surface area contributed by atoms with E-state index in [4.69, 9.17) is 0 Å². The van der Waals surface area contributed by atoms with Crippen LogP contribution in [0.3, 0.4) is 0 Å². The number of aryl methyl sites for hydroxylation is 1. The Hall–Kier alpha value is -2.36. The minimum Gasteiger partial charge on any atom is -0.507 e. The summed E-state index contributed by atoms with van der Waals surface area (Å²) in [7, 11) is 0. The maximum absolute atomic E-state index is 12.7. The molecule has 0 atom stereocenters. The molecule has 0 aliphatic carbocycles. The van der Waals surface area contributed by atoms with Crippen molar-refractivity contribution in [1.29, 1.82) is 0 Å². The number of carbonyl (C=O) groups is 1. The van der Waals surface area contributed by atoms with Crippen LogP contribution in [-0.4, -0.2) is 11.0 Å². The van der Waals surface area contributed by atoms with Gasteiger partial charge in [0.05, 0.1) is 5.56 Å². The Morgan fingerprint density at radius 3 is 2.58 bits per heavy atom. The molecule has 0 unspecified atom stereocenters. The van der Waals surface area contributed by atoms with E-state index >= 15 is 0 Å². The third-order valence-corrected chi connectivity index (χ3v) is 2.76. The minimum atomic E-state index is -0.356. The van der Waals surface area contributed by atoms with Gasteiger partial charge in [-0.15, -0.1) is 0 Å². The second kappa shape index (κ2) is 5.52. The van der Waals surface area contributed by atoms with E-state index < -0.39 is 0 Å². The van der Waals surface area contributed by atoms with Gasteiger partial charge in [-0.25, -0.2) is 4.39 Å². The van der Waals surface area contributed by atoms with Gasteiger partial charge in [-0.2, -0.15) is 0 Å². The number of aromatic hydroxyl groups is 1. The normalized spacial score (nSPS) is 10.2. The van der Waals surface area contributed by atoms with Crippen molar-refractivity contribution in [3.05, 3.63) is 65.0 Å². The van der Waals surface area contributed by atoms with Gasteiger partial charge in [-0.05, 0) is 36.8 Å². The highest BCUT2D eigenvalue weighted by Crippen LogP contribution is 2.18. The Kier molecular flexibility index (Phi) is 3.80. The maximum atomic E-state index is 12.7. The van der Waals surface area contributed by atoms with E-state index in [-0.39, 0.29) is 29.6 Å². The van der Waals surface area contributed by atoms with Crippen LogP contribution in [0.2, 0.25) is 0 Å². The number of benzene rings is 2. The third-order valence-electron chi connectivity index (χ3n) is 2.76. The molecule has 2 aromatic carbocycles. The largest absolute Gasteiger partial charge is 0.507 e. The van der Waals surface area contributed by atoms with E-state index in [1.54, 1.807) is 24.3 Å². The van der Waals surface area contributed by atoms with Crippen LogP contribution in [0.5, 0.6) is 5.75 Å². The molecule has 0 fully saturated rings. The van der Waals surface area contributed by atoms with Crippen molar-refractivity contribution in [3.63, 3.8) is 0 Å². The molecule has 0 radical (unpaired) electrons. The van der Waals surface area contributed by atoms with Crippen LogP contribution in [0.25, 0.3) is 0 Å². The van der Waals surface area contributed by atoms with Crippen molar-refractivity contribution in [3.8, 4) is 5.75 Å². The Morgan fingerprint density at radius 2 is 1.89 bits per heavy atom. The van der Waals surface area contributed by atoms with Gasteiger partial charge >= 0.3 is 0 Å². The van der Waals surface area contributed by atoms with E-state index in [0.717, 1.165) is 11.1 Å². The predicted molar refractivity (Wildman–Crippen MR) is 70.4 cm³/mol. The van der Waals surface area contributed by atoms with Crippen LogP contribution in [0, 0.1) is 12.7 Å². The fourth-order valence-corrected chi connectivity index (χ4v) is 1.71. The van der Waals surface area contributed by atoms with Gasteiger partial charge in [0.2, 0.25) is 0 Å². The number of hydrogen-bond acceptors (Lipinski definition) is 2. The lowest BCUT2D eigenvalue weighted by atomic mass is 10.1. The molecule has 0 aliphatic heterocycles. The van der Waals surface area contributed by atoms with Crippen molar-refractivity contribution in [2.45, 2.75) is 13.5 Å². The van der Waals surface area contributed by atoms with Crippen LogP contribution in [-0.2, 0) is 6.54 Å². The first-order valence-electron chi connectivity index (χ1n) is 5.88. The fourth-order valence-electron chi connectivity index (χ4n) is 1.71. The number of halogens is 1. The van der Waals surface area contributed by atoms with Gasteiger partial charge in [-0.1, -0.05) is 23.8 Å². The van der Waals surface area contributed by atoms with Crippen molar-refractivity contribution in [2.75, 3.05) is 0 Å². The van der Waals surface area contributed by atoms with E-state index in [1.807, 2.05) is 6.92 Å². The Labute approximate surface area is 110 Å². The van der Waals surface area contributed by atoms with Crippen LogP contribution >= 0.6 is 0 Å². The summed E-state index contributed by atoms with van der Waals surface area (Å²) in [6.45, 7) is 2.13. The zero-order valence-electron chi connectivity index (χ0n) is 10.5. The molecule has 2 N–H and O–H groups in total. The first-order valence-corrected chi connectivity index (χ1v) is 5.88. The third kappa shape index (κ3) is 3.31. The highest BCUT2D eigenvalue weighted by molar-refractivity contribution is 5.96. The molecular weight excluding hydrogens is 245 g/mol. The monoisotopic (exact) mass is 259 g/mol. The zero-order chi connectivity index (χ0) is 13.8. The molecule has 19 heavy (non-hydrogen) atoms. The molecule has 0 heterocycles. The first kappa shape index (κ1) is 13.1. The quantitative estimate of drug-likeness (QED) is 0.890. The Bertz CT molecular complexity index is 594. The molecule has 3 nitrogen and oxygen atoms in total. The molecule has 0 saturated heterocycles. The van der Waals surface area contributed by atoms with E-state index in [2.05, 4.69) is 5.32 Å². The molecule has 0 aliphatic rings. The molecule has 1 amide bonds. The highest BCUT2D eigenvalue weighted by Gasteiger charge is 2.10. The van der Waals surface area contributed by atoms with E-state index in [9.17, 15) is 14.3 Å². The summed E-state index contributed by atoms with van der Waals surface area (Å²) in [6.07, 6.45) is 0. The van der Waals surface area contributed by atoms with Gasteiger partial charge in [-0.3, -0.25) is 4.79 Å². The Balaban J connectivity index is 2.05. The van der Waals surface area contributed by atoms with Crippen molar-refractivity contribution in [1.82, 2.24) is 5.32 Å². The first-order chi connectivity index (χ1) is 9.06. The summed E-state index contributed by atoms with van der Waals surface area (Å²) in [5, 5.41) is 12.3. The van der Waals surface area contributed by atoms with Gasteiger partial charge in [0.25, 0.3) is 5.91 Å². The summed E-state index contributed by atoms with van der Waals surface area (Å²) in [6, 6.07) is 10.7. The lowest BCUT2D eigenvalue weighted by Crippen LogP contribution is -2.22.